The van der Waals surface area contributed by atoms with Crippen molar-refractivity contribution in [2.75, 3.05) is 13.1 Å². The van der Waals surface area contributed by atoms with Gasteiger partial charge in [-0.1, -0.05) is 47.6 Å². The van der Waals surface area contributed by atoms with E-state index in [1.54, 1.807) is 22.5 Å². The van der Waals surface area contributed by atoms with Gasteiger partial charge in [-0.3, -0.25) is 0 Å². The summed E-state index contributed by atoms with van der Waals surface area (Å²) in [6.07, 6.45) is 2.14. The van der Waals surface area contributed by atoms with Crippen molar-refractivity contribution in [3.63, 3.8) is 0 Å². The van der Waals surface area contributed by atoms with Gasteiger partial charge in [-0.2, -0.15) is 4.98 Å². The van der Waals surface area contributed by atoms with Crippen LogP contribution in [0.15, 0.2) is 59.1 Å². The summed E-state index contributed by atoms with van der Waals surface area (Å²) in [5.41, 5.74) is 1.07. The van der Waals surface area contributed by atoms with Gasteiger partial charge in [-0.25, -0.2) is 17.1 Å². The number of rotatable bonds is 6. The van der Waals surface area contributed by atoms with E-state index < -0.39 is 15.8 Å². The Labute approximate surface area is 169 Å². The molecular formula is C21H22FN3O3S. The largest absolute Gasteiger partial charge is 0.339 e. The summed E-state index contributed by atoms with van der Waals surface area (Å²) >= 11 is 0. The molecule has 2 aromatic carbocycles. The van der Waals surface area contributed by atoms with Crippen LogP contribution in [-0.4, -0.2) is 36.0 Å². The molecule has 0 N–H and O–H groups in total. The number of benzene rings is 2. The predicted molar refractivity (Wildman–Crippen MR) is 107 cm³/mol. The summed E-state index contributed by atoms with van der Waals surface area (Å²) in [5.74, 6) is 0.287. The van der Waals surface area contributed by atoms with Gasteiger partial charge in [0.15, 0.2) is 0 Å². The third-order valence-corrected chi connectivity index (χ3v) is 6.93. The van der Waals surface area contributed by atoms with E-state index in [0.717, 1.165) is 18.4 Å². The zero-order valence-electron chi connectivity index (χ0n) is 15.9. The molecule has 0 aliphatic carbocycles. The van der Waals surface area contributed by atoms with Gasteiger partial charge in [-0.15, -0.1) is 0 Å². The molecule has 1 atom stereocenters. The molecular weight excluding hydrogens is 393 g/mol. The van der Waals surface area contributed by atoms with E-state index in [9.17, 15) is 12.8 Å². The highest BCUT2D eigenvalue weighted by atomic mass is 32.2. The molecule has 8 heteroatoms. The van der Waals surface area contributed by atoms with Gasteiger partial charge in [-0.05, 0) is 36.5 Å². The Bertz CT molecular complexity index is 1070. The molecule has 0 bridgehead atoms. The van der Waals surface area contributed by atoms with Crippen molar-refractivity contribution in [3.8, 4) is 11.4 Å². The van der Waals surface area contributed by atoms with Gasteiger partial charge in [0.05, 0.1) is 11.3 Å². The standard InChI is InChI=1S/C21H22FN3O3S/c22-19-11-5-4-10-18(19)21-23-20(28-24-21)13-17-9-6-12-25(14-17)29(26,27)15-16-7-2-1-3-8-16/h1-5,7-8,10-11,17H,6,9,12-15H2. The minimum atomic E-state index is -3.39. The van der Waals surface area contributed by atoms with E-state index in [1.165, 1.54) is 6.07 Å². The molecule has 3 aromatic rings. The molecule has 1 aliphatic heterocycles. The van der Waals surface area contributed by atoms with E-state index in [2.05, 4.69) is 10.1 Å². The molecule has 1 saturated heterocycles. The monoisotopic (exact) mass is 415 g/mol. The van der Waals surface area contributed by atoms with Gasteiger partial charge in [0.2, 0.25) is 21.7 Å². The highest BCUT2D eigenvalue weighted by Crippen LogP contribution is 2.25. The Morgan fingerprint density at radius 3 is 2.66 bits per heavy atom. The van der Waals surface area contributed by atoms with Gasteiger partial charge < -0.3 is 4.52 Å². The molecule has 29 heavy (non-hydrogen) atoms. The highest BCUT2D eigenvalue weighted by molar-refractivity contribution is 7.88. The molecule has 0 radical (unpaired) electrons. The van der Waals surface area contributed by atoms with E-state index in [1.807, 2.05) is 30.3 Å². The number of hydrogen-bond donors (Lipinski definition) is 0. The lowest BCUT2D eigenvalue weighted by Crippen LogP contribution is -2.41. The first kappa shape index (κ1) is 19.7. The molecule has 0 spiro atoms. The fourth-order valence-electron chi connectivity index (χ4n) is 3.66. The fraction of sp³-hybridized carbons (Fsp3) is 0.333. The molecule has 4 rings (SSSR count). The van der Waals surface area contributed by atoms with Crippen LogP contribution in [0.4, 0.5) is 4.39 Å². The average Bonchev–Trinajstić information content (AvgIpc) is 3.17. The first-order chi connectivity index (χ1) is 14.0. The van der Waals surface area contributed by atoms with Gasteiger partial charge in [0.25, 0.3) is 0 Å². The highest BCUT2D eigenvalue weighted by Gasteiger charge is 2.30. The second-order valence-electron chi connectivity index (χ2n) is 7.30. The minimum Gasteiger partial charge on any atom is -0.339 e. The lowest BCUT2D eigenvalue weighted by molar-refractivity contribution is 0.247. The summed E-state index contributed by atoms with van der Waals surface area (Å²) < 4.78 is 46.4. The molecule has 1 aromatic heterocycles. The normalized spacial score (nSPS) is 18.0. The van der Waals surface area contributed by atoms with Crippen LogP contribution in [0.5, 0.6) is 0 Å². The SMILES string of the molecule is O=S(=O)(Cc1ccccc1)N1CCCC(Cc2nc(-c3ccccc3F)no2)C1. The second kappa shape index (κ2) is 8.42. The molecule has 1 unspecified atom stereocenters. The van der Waals surface area contributed by atoms with Crippen LogP contribution in [0, 0.1) is 11.7 Å². The van der Waals surface area contributed by atoms with E-state index in [4.69, 9.17) is 4.52 Å². The Balaban J connectivity index is 1.42. The topological polar surface area (TPSA) is 76.3 Å². The molecule has 1 fully saturated rings. The van der Waals surface area contributed by atoms with Crippen LogP contribution < -0.4 is 0 Å². The van der Waals surface area contributed by atoms with Gasteiger partial charge in [0, 0.05) is 19.5 Å². The van der Waals surface area contributed by atoms with Crippen LogP contribution in [0.1, 0.15) is 24.3 Å². The van der Waals surface area contributed by atoms with Crippen molar-refractivity contribution >= 4 is 10.0 Å². The number of sulfonamides is 1. The van der Waals surface area contributed by atoms with Crippen molar-refractivity contribution in [1.29, 1.82) is 0 Å². The van der Waals surface area contributed by atoms with E-state index >= 15 is 0 Å². The van der Waals surface area contributed by atoms with Crippen molar-refractivity contribution < 1.29 is 17.3 Å². The second-order valence-corrected chi connectivity index (χ2v) is 9.27. The number of hydrogen-bond acceptors (Lipinski definition) is 5. The molecule has 2 heterocycles. The van der Waals surface area contributed by atoms with Crippen LogP contribution in [0.2, 0.25) is 0 Å². The van der Waals surface area contributed by atoms with Gasteiger partial charge in [0.1, 0.15) is 5.82 Å². The fourth-order valence-corrected chi connectivity index (χ4v) is 5.30. The maximum atomic E-state index is 13.9. The number of nitrogens with zero attached hydrogens (tertiary/aromatic N) is 3. The summed E-state index contributed by atoms with van der Waals surface area (Å²) in [6, 6.07) is 15.5. The van der Waals surface area contributed by atoms with Crippen LogP contribution >= 0.6 is 0 Å². The van der Waals surface area contributed by atoms with Crippen molar-refractivity contribution in [2.45, 2.75) is 25.0 Å². The maximum absolute atomic E-state index is 13.9. The lowest BCUT2D eigenvalue weighted by atomic mass is 9.96. The van der Waals surface area contributed by atoms with Gasteiger partial charge >= 0.3 is 0 Å². The minimum absolute atomic E-state index is 0.00144. The smallest absolute Gasteiger partial charge is 0.227 e. The van der Waals surface area contributed by atoms with E-state index in [-0.39, 0.29) is 17.5 Å². The number of halogens is 1. The third-order valence-electron chi connectivity index (χ3n) is 5.11. The number of piperidine rings is 1. The van der Waals surface area contributed by atoms with Crippen molar-refractivity contribution in [3.05, 3.63) is 71.9 Å². The molecule has 152 valence electrons. The summed E-state index contributed by atoms with van der Waals surface area (Å²) in [6.45, 7) is 0.947. The summed E-state index contributed by atoms with van der Waals surface area (Å²) in [7, 11) is -3.39. The summed E-state index contributed by atoms with van der Waals surface area (Å²) in [4.78, 5) is 4.30. The first-order valence-corrected chi connectivity index (χ1v) is 11.2. The zero-order valence-corrected chi connectivity index (χ0v) is 16.7. The molecule has 6 nitrogen and oxygen atoms in total. The predicted octanol–water partition coefficient (Wildman–Crippen LogP) is 3.66. The Kier molecular flexibility index (Phi) is 5.73. The van der Waals surface area contributed by atoms with Crippen LogP contribution in [0.3, 0.4) is 0 Å². The molecule has 0 saturated carbocycles. The molecule has 1 aliphatic rings. The Morgan fingerprint density at radius 1 is 1.10 bits per heavy atom. The van der Waals surface area contributed by atoms with Crippen LogP contribution in [0.25, 0.3) is 11.4 Å². The van der Waals surface area contributed by atoms with Crippen LogP contribution in [-0.2, 0) is 22.2 Å². The van der Waals surface area contributed by atoms with E-state index in [0.29, 0.717) is 31.0 Å². The maximum Gasteiger partial charge on any atom is 0.227 e. The zero-order chi connectivity index (χ0) is 20.3. The van der Waals surface area contributed by atoms with Crippen molar-refractivity contribution in [1.82, 2.24) is 14.4 Å². The molecule has 0 amide bonds. The lowest BCUT2D eigenvalue weighted by Gasteiger charge is -2.31. The average molecular weight is 415 g/mol. The summed E-state index contributed by atoms with van der Waals surface area (Å²) in [5, 5.41) is 3.88. The Hall–Kier alpha value is -2.58. The third kappa shape index (κ3) is 4.71. The number of aromatic nitrogens is 2. The first-order valence-electron chi connectivity index (χ1n) is 9.60. The van der Waals surface area contributed by atoms with Crippen molar-refractivity contribution in [2.24, 2.45) is 5.92 Å². The quantitative estimate of drug-likeness (QED) is 0.614. The Morgan fingerprint density at radius 2 is 1.86 bits per heavy atom.